The lowest BCUT2D eigenvalue weighted by atomic mass is 10.0. The van der Waals surface area contributed by atoms with Crippen molar-refractivity contribution in [3.63, 3.8) is 0 Å². The van der Waals surface area contributed by atoms with Gasteiger partial charge in [-0.25, -0.2) is 14.6 Å². The fourth-order valence-corrected chi connectivity index (χ4v) is 2.59. The molecule has 1 aliphatic heterocycles. The molecule has 2 aromatic rings. The number of aromatic nitrogens is 2. The number of ether oxygens (including phenoxy) is 3. The molecule has 0 aliphatic carbocycles. The van der Waals surface area contributed by atoms with E-state index in [9.17, 15) is 22.8 Å². The van der Waals surface area contributed by atoms with Crippen molar-refractivity contribution in [2.45, 2.75) is 18.6 Å². The lowest BCUT2D eigenvalue weighted by Crippen LogP contribution is -2.45. The molecule has 1 atom stereocenters. The van der Waals surface area contributed by atoms with E-state index < -0.39 is 41.5 Å². The first kappa shape index (κ1) is 20.4. The summed E-state index contributed by atoms with van der Waals surface area (Å²) in [6, 6.07) is 1.54. The van der Waals surface area contributed by atoms with E-state index in [1.807, 2.05) is 0 Å². The number of nitrogens with zero attached hydrogens (tertiary/aromatic N) is 3. The van der Waals surface area contributed by atoms with Gasteiger partial charge in [0.25, 0.3) is 0 Å². The maximum Gasteiger partial charge on any atom is 0.436 e. The van der Waals surface area contributed by atoms with Crippen LogP contribution in [0.5, 0.6) is 0 Å². The molecule has 0 aromatic carbocycles. The Kier molecular flexibility index (Phi) is 5.36. The maximum absolute atomic E-state index is 13.1. The van der Waals surface area contributed by atoms with Gasteiger partial charge in [-0.1, -0.05) is 0 Å². The molecule has 1 aliphatic rings. The zero-order chi connectivity index (χ0) is 21.2. The predicted molar refractivity (Wildman–Crippen MR) is 89.1 cm³/mol. The van der Waals surface area contributed by atoms with Crippen LogP contribution in [0, 0.1) is 0 Å². The molecule has 156 valence electrons. The number of rotatable bonds is 6. The molecule has 0 radical (unpaired) electrons. The number of esters is 2. The second-order valence-electron chi connectivity index (χ2n) is 6.11. The molecular weight excluding hydrogens is 399 g/mol. The Bertz CT molecular complexity index is 935. The first-order chi connectivity index (χ1) is 13.7. The van der Waals surface area contributed by atoms with Gasteiger partial charge in [0.1, 0.15) is 25.0 Å². The van der Waals surface area contributed by atoms with Gasteiger partial charge >= 0.3 is 18.1 Å². The number of aliphatic imine (C=N–C) groups is 1. The van der Waals surface area contributed by atoms with Crippen molar-refractivity contribution in [3.8, 4) is 0 Å². The SMILES string of the molecule is CCOC(=O)[C@]1(COC(=O)c2cn(C)nc2C(F)(F)F)COC(c2ccoc2)=N1. The predicted octanol–water partition coefficient (Wildman–Crippen LogP) is 1.97. The number of carbonyl (C=O) groups is 2. The molecule has 9 nitrogen and oxygen atoms in total. The van der Waals surface area contributed by atoms with E-state index in [0.29, 0.717) is 5.56 Å². The van der Waals surface area contributed by atoms with Crippen LogP contribution in [-0.4, -0.2) is 53.0 Å². The van der Waals surface area contributed by atoms with E-state index in [4.69, 9.17) is 18.6 Å². The standard InChI is InChI=1S/C17H16F3N3O6/c1-3-27-15(25)16(8-28-13(21-16)10-4-5-26-7-10)9-29-14(24)11-6-23(2)22-12(11)17(18,19)20/h4-7H,3,8-9H2,1-2H3/t16-/m1/s1. The number of hydrogen-bond donors (Lipinski definition) is 0. The summed E-state index contributed by atoms with van der Waals surface area (Å²) in [6.45, 7) is 0.586. The third-order valence-corrected chi connectivity index (χ3v) is 3.95. The molecule has 29 heavy (non-hydrogen) atoms. The number of halogens is 3. The van der Waals surface area contributed by atoms with Crippen LogP contribution >= 0.6 is 0 Å². The minimum atomic E-state index is -4.85. The summed E-state index contributed by atoms with van der Waals surface area (Å²) in [7, 11) is 1.23. The highest BCUT2D eigenvalue weighted by Crippen LogP contribution is 2.31. The van der Waals surface area contributed by atoms with Crippen LogP contribution in [-0.2, 0) is 32.2 Å². The van der Waals surface area contributed by atoms with Crippen LogP contribution in [0.25, 0.3) is 0 Å². The quantitative estimate of drug-likeness (QED) is 0.664. The molecule has 0 saturated carbocycles. The number of carbonyl (C=O) groups excluding carboxylic acids is 2. The second kappa shape index (κ2) is 7.60. The van der Waals surface area contributed by atoms with Gasteiger partial charge in [0, 0.05) is 13.2 Å². The first-order valence-corrected chi connectivity index (χ1v) is 8.36. The highest BCUT2D eigenvalue weighted by atomic mass is 19.4. The Morgan fingerprint density at radius 3 is 2.72 bits per heavy atom. The third-order valence-electron chi connectivity index (χ3n) is 3.95. The zero-order valence-electron chi connectivity index (χ0n) is 15.4. The summed E-state index contributed by atoms with van der Waals surface area (Å²) in [5, 5.41) is 3.25. The van der Waals surface area contributed by atoms with Crippen molar-refractivity contribution in [1.29, 1.82) is 0 Å². The van der Waals surface area contributed by atoms with Crippen LogP contribution in [0.3, 0.4) is 0 Å². The maximum atomic E-state index is 13.1. The number of alkyl halides is 3. The lowest BCUT2D eigenvalue weighted by molar-refractivity contribution is -0.152. The van der Waals surface area contributed by atoms with Gasteiger partial charge in [-0.15, -0.1) is 0 Å². The van der Waals surface area contributed by atoms with E-state index in [1.165, 1.54) is 25.6 Å². The molecule has 0 fully saturated rings. The fraction of sp³-hybridized carbons (Fsp3) is 0.412. The van der Waals surface area contributed by atoms with Crippen molar-refractivity contribution >= 4 is 17.8 Å². The Balaban J connectivity index is 1.84. The average Bonchev–Trinajstić information content (AvgIpc) is 3.38. The lowest BCUT2D eigenvalue weighted by Gasteiger charge is -2.21. The van der Waals surface area contributed by atoms with Crippen molar-refractivity contribution in [1.82, 2.24) is 9.78 Å². The summed E-state index contributed by atoms with van der Waals surface area (Å²) >= 11 is 0. The Morgan fingerprint density at radius 2 is 2.10 bits per heavy atom. The monoisotopic (exact) mass is 415 g/mol. The molecule has 0 spiro atoms. The van der Waals surface area contributed by atoms with Gasteiger partial charge < -0.3 is 18.6 Å². The molecule has 0 unspecified atom stereocenters. The van der Waals surface area contributed by atoms with Gasteiger partial charge in [0.15, 0.2) is 5.69 Å². The highest BCUT2D eigenvalue weighted by molar-refractivity contribution is 5.99. The van der Waals surface area contributed by atoms with Crippen LogP contribution in [0.1, 0.15) is 28.5 Å². The molecule has 12 heteroatoms. The van der Waals surface area contributed by atoms with Crippen molar-refractivity contribution in [3.05, 3.63) is 41.6 Å². The minimum absolute atomic E-state index is 0.0198. The topological polar surface area (TPSA) is 105 Å². The summed E-state index contributed by atoms with van der Waals surface area (Å²) in [4.78, 5) is 28.9. The summed E-state index contributed by atoms with van der Waals surface area (Å²) in [5.74, 6) is -2.09. The molecule has 0 bridgehead atoms. The van der Waals surface area contributed by atoms with Crippen molar-refractivity contribution in [2.24, 2.45) is 12.0 Å². The molecule has 0 amide bonds. The van der Waals surface area contributed by atoms with Crippen molar-refractivity contribution < 1.29 is 41.4 Å². The number of aryl methyl sites for hydroxylation is 1. The van der Waals surface area contributed by atoms with E-state index >= 15 is 0 Å². The summed E-state index contributed by atoms with van der Waals surface area (Å²) in [5.41, 5.74) is -3.48. The smallest absolute Gasteiger partial charge is 0.436 e. The average molecular weight is 415 g/mol. The Labute approximate surface area is 162 Å². The third kappa shape index (κ3) is 4.10. The first-order valence-electron chi connectivity index (χ1n) is 8.36. The minimum Gasteiger partial charge on any atom is -0.474 e. The molecule has 2 aromatic heterocycles. The molecule has 3 rings (SSSR count). The Morgan fingerprint density at radius 1 is 1.34 bits per heavy atom. The van der Waals surface area contributed by atoms with Crippen LogP contribution in [0.15, 0.2) is 34.2 Å². The summed E-state index contributed by atoms with van der Waals surface area (Å²) in [6.07, 6.45) is -1.27. The summed E-state index contributed by atoms with van der Waals surface area (Å²) < 4.78 is 60.3. The van der Waals surface area contributed by atoms with Gasteiger partial charge in [-0.05, 0) is 13.0 Å². The molecular formula is C17H16F3N3O6. The molecule has 0 saturated heterocycles. The highest BCUT2D eigenvalue weighted by Gasteiger charge is 2.48. The van der Waals surface area contributed by atoms with E-state index in [0.717, 1.165) is 10.9 Å². The Hall–Kier alpha value is -3.31. The number of hydrogen-bond acceptors (Lipinski definition) is 8. The fourth-order valence-electron chi connectivity index (χ4n) is 2.59. The van der Waals surface area contributed by atoms with Crippen LogP contribution in [0.2, 0.25) is 0 Å². The van der Waals surface area contributed by atoms with Crippen LogP contribution in [0.4, 0.5) is 13.2 Å². The molecule has 0 N–H and O–H groups in total. The van der Waals surface area contributed by atoms with Gasteiger partial charge in [-0.3, -0.25) is 4.68 Å². The normalized spacial score (nSPS) is 18.9. The van der Waals surface area contributed by atoms with Gasteiger partial charge in [0.2, 0.25) is 11.4 Å². The van der Waals surface area contributed by atoms with E-state index in [2.05, 4.69) is 10.1 Å². The van der Waals surface area contributed by atoms with E-state index in [1.54, 1.807) is 6.92 Å². The zero-order valence-corrected chi connectivity index (χ0v) is 15.4. The van der Waals surface area contributed by atoms with Crippen molar-refractivity contribution in [2.75, 3.05) is 19.8 Å². The number of furan rings is 1. The van der Waals surface area contributed by atoms with E-state index in [-0.39, 0.29) is 19.1 Å². The molecule has 3 heterocycles. The van der Waals surface area contributed by atoms with Gasteiger partial charge in [-0.2, -0.15) is 18.3 Å². The largest absolute Gasteiger partial charge is 0.474 e. The van der Waals surface area contributed by atoms with Gasteiger partial charge in [0.05, 0.1) is 18.4 Å². The van der Waals surface area contributed by atoms with Crippen LogP contribution < -0.4 is 0 Å². The second-order valence-corrected chi connectivity index (χ2v) is 6.11.